The van der Waals surface area contributed by atoms with Crippen LogP contribution in [0, 0.1) is 10.1 Å². The summed E-state index contributed by atoms with van der Waals surface area (Å²) in [5, 5.41) is 11.3. The first kappa shape index (κ1) is 24.4. The Hall–Kier alpha value is -4.71. The molecular formula is C24H21N5O7. The number of nitro groups is 1. The molecule has 0 aliphatic rings. The number of esters is 1. The van der Waals surface area contributed by atoms with Gasteiger partial charge in [0, 0.05) is 37.5 Å². The highest BCUT2D eigenvalue weighted by atomic mass is 16.6. The Morgan fingerprint density at radius 3 is 2.69 bits per heavy atom. The Balaban J connectivity index is 2.09. The minimum Gasteiger partial charge on any atom is -0.462 e. The number of fused-ring (bicyclic) bond motifs is 2. The lowest BCUT2D eigenvalue weighted by Gasteiger charge is -2.14. The first-order chi connectivity index (χ1) is 17.3. The van der Waals surface area contributed by atoms with Gasteiger partial charge in [0.1, 0.15) is 16.9 Å². The number of non-ortho nitro benzene ring substituents is 1. The van der Waals surface area contributed by atoms with Crippen molar-refractivity contribution in [2.45, 2.75) is 13.5 Å². The van der Waals surface area contributed by atoms with Crippen molar-refractivity contribution in [2.24, 2.45) is 4.99 Å². The third kappa shape index (κ3) is 4.61. The van der Waals surface area contributed by atoms with Crippen molar-refractivity contribution in [3.63, 3.8) is 0 Å². The molecule has 184 valence electrons. The molecule has 0 bridgehead atoms. The van der Waals surface area contributed by atoms with Gasteiger partial charge < -0.3 is 14.0 Å². The number of ether oxygens (including phenoxy) is 2. The van der Waals surface area contributed by atoms with Crippen molar-refractivity contribution < 1.29 is 24.0 Å². The lowest BCUT2D eigenvalue weighted by Crippen LogP contribution is -2.33. The molecule has 36 heavy (non-hydrogen) atoms. The number of carbonyl (C=O) groups is 2. The predicted octanol–water partition coefficient (Wildman–Crippen LogP) is 2.12. The summed E-state index contributed by atoms with van der Waals surface area (Å²) >= 11 is 0. The second-order valence-corrected chi connectivity index (χ2v) is 7.55. The van der Waals surface area contributed by atoms with Crippen molar-refractivity contribution in [2.75, 3.05) is 20.3 Å². The number of hydrogen-bond acceptors (Lipinski definition) is 8. The van der Waals surface area contributed by atoms with E-state index in [1.165, 1.54) is 40.3 Å². The molecule has 0 aliphatic heterocycles. The predicted molar refractivity (Wildman–Crippen MR) is 128 cm³/mol. The average molecular weight is 491 g/mol. The van der Waals surface area contributed by atoms with Gasteiger partial charge in [0.25, 0.3) is 17.2 Å². The number of aromatic nitrogens is 3. The van der Waals surface area contributed by atoms with E-state index in [9.17, 15) is 24.5 Å². The van der Waals surface area contributed by atoms with E-state index < -0.39 is 22.4 Å². The van der Waals surface area contributed by atoms with Crippen LogP contribution in [0.4, 0.5) is 5.69 Å². The molecule has 0 saturated heterocycles. The Kier molecular flexibility index (Phi) is 6.97. The summed E-state index contributed by atoms with van der Waals surface area (Å²) in [5.74, 6) is -1.62. The van der Waals surface area contributed by atoms with Gasteiger partial charge in [-0.15, -0.1) is 0 Å². The second-order valence-electron chi connectivity index (χ2n) is 7.55. The summed E-state index contributed by atoms with van der Waals surface area (Å²) in [6, 6.07) is 11.4. The van der Waals surface area contributed by atoms with E-state index >= 15 is 0 Å². The first-order valence-electron chi connectivity index (χ1n) is 10.9. The number of carbonyl (C=O) groups excluding carboxylic acids is 2. The van der Waals surface area contributed by atoms with Crippen molar-refractivity contribution in [1.82, 2.24) is 14.0 Å². The molecule has 0 spiro atoms. The van der Waals surface area contributed by atoms with Crippen LogP contribution in [0.15, 0.2) is 64.5 Å². The third-order valence-electron chi connectivity index (χ3n) is 5.32. The lowest BCUT2D eigenvalue weighted by molar-refractivity contribution is -0.384. The van der Waals surface area contributed by atoms with Crippen molar-refractivity contribution in [1.29, 1.82) is 0 Å². The first-order valence-corrected chi connectivity index (χ1v) is 10.9. The molecule has 1 aromatic carbocycles. The van der Waals surface area contributed by atoms with Crippen LogP contribution in [0.5, 0.6) is 0 Å². The van der Waals surface area contributed by atoms with Gasteiger partial charge in [-0.05, 0) is 31.2 Å². The van der Waals surface area contributed by atoms with Gasteiger partial charge in [-0.2, -0.15) is 4.99 Å². The minimum absolute atomic E-state index is 0.0438. The number of benzene rings is 1. The molecule has 4 rings (SSSR count). The summed E-state index contributed by atoms with van der Waals surface area (Å²) in [5.41, 5.74) is -0.472. The van der Waals surface area contributed by atoms with Gasteiger partial charge in [-0.3, -0.25) is 24.1 Å². The number of nitro benzene ring substituents is 1. The summed E-state index contributed by atoms with van der Waals surface area (Å²) < 4.78 is 13.1. The fraction of sp³-hybridized carbons (Fsp3) is 0.208. The number of rotatable bonds is 7. The summed E-state index contributed by atoms with van der Waals surface area (Å²) in [4.78, 5) is 58.5. The highest BCUT2D eigenvalue weighted by molar-refractivity contribution is 5.97. The quantitative estimate of drug-likeness (QED) is 0.165. The van der Waals surface area contributed by atoms with E-state index in [1.807, 2.05) is 0 Å². The Morgan fingerprint density at radius 2 is 1.97 bits per heavy atom. The maximum atomic E-state index is 13.3. The number of nitrogens with zero attached hydrogens (tertiary/aromatic N) is 5. The zero-order chi connectivity index (χ0) is 25.8. The molecule has 0 radical (unpaired) electrons. The zero-order valence-corrected chi connectivity index (χ0v) is 19.4. The van der Waals surface area contributed by atoms with E-state index in [4.69, 9.17) is 9.47 Å². The van der Waals surface area contributed by atoms with Gasteiger partial charge >= 0.3 is 5.97 Å². The van der Waals surface area contributed by atoms with Crippen LogP contribution in [0.1, 0.15) is 27.6 Å². The van der Waals surface area contributed by atoms with Crippen LogP contribution in [0.3, 0.4) is 0 Å². The van der Waals surface area contributed by atoms with Crippen LogP contribution in [-0.2, 0) is 16.0 Å². The fourth-order valence-corrected chi connectivity index (χ4v) is 3.66. The van der Waals surface area contributed by atoms with Crippen LogP contribution in [0.2, 0.25) is 0 Å². The highest BCUT2D eigenvalue weighted by Crippen LogP contribution is 2.15. The smallest absolute Gasteiger partial charge is 0.341 e. The molecule has 12 heteroatoms. The number of pyridine rings is 2. The minimum atomic E-state index is -0.827. The SMILES string of the molecule is CCOC(=O)c1cc2c(=O)n3ccccc3nc2n(CCOC)c1=NC(=O)c1cccc([N+](=O)[O-])c1. The molecule has 0 N–H and O–H groups in total. The largest absolute Gasteiger partial charge is 0.462 e. The molecular weight excluding hydrogens is 470 g/mol. The Morgan fingerprint density at radius 1 is 1.17 bits per heavy atom. The topological polar surface area (TPSA) is 147 Å². The van der Waals surface area contributed by atoms with E-state index in [0.717, 1.165) is 6.07 Å². The van der Waals surface area contributed by atoms with Gasteiger partial charge in [-0.1, -0.05) is 12.1 Å². The van der Waals surface area contributed by atoms with Crippen molar-refractivity contribution >= 4 is 34.2 Å². The summed E-state index contributed by atoms with van der Waals surface area (Å²) in [6.07, 6.45) is 1.55. The fourth-order valence-electron chi connectivity index (χ4n) is 3.66. The molecule has 1 amide bonds. The number of methoxy groups -OCH3 is 1. The molecule has 3 heterocycles. The molecule has 0 saturated carbocycles. The lowest BCUT2D eigenvalue weighted by atomic mass is 10.2. The van der Waals surface area contributed by atoms with Gasteiger partial charge in [0.15, 0.2) is 5.49 Å². The summed E-state index contributed by atoms with van der Waals surface area (Å²) in [6.45, 7) is 1.90. The van der Waals surface area contributed by atoms with Gasteiger partial charge in [0.05, 0.1) is 23.5 Å². The van der Waals surface area contributed by atoms with Crippen molar-refractivity contribution in [3.05, 3.63) is 91.8 Å². The normalized spacial score (nSPS) is 11.7. The molecule has 3 aromatic heterocycles. The summed E-state index contributed by atoms with van der Waals surface area (Å²) in [7, 11) is 1.47. The third-order valence-corrected chi connectivity index (χ3v) is 5.32. The Labute approximate surface area is 203 Å². The van der Waals surface area contributed by atoms with Crippen LogP contribution in [0.25, 0.3) is 16.7 Å². The van der Waals surface area contributed by atoms with E-state index in [1.54, 1.807) is 31.3 Å². The monoisotopic (exact) mass is 491 g/mol. The van der Waals surface area contributed by atoms with Crippen LogP contribution in [-0.4, -0.2) is 51.1 Å². The Bertz CT molecular complexity index is 1640. The second kappa shape index (κ2) is 10.3. The number of hydrogen-bond donors (Lipinski definition) is 0. The van der Waals surface area contributed by atoms with Crippen molar-refractivity contribution in [3.8, 4) is 0 Å². The molecule has 0 unspecified atom stereocenters. The molecule has 0 aliphatic carbocycles. The van der Waals surface area contributed by atoms with E-state index in [0.29, 0.717) is 5.65 Å². The molecule has 0 fully saturated rings. The van der Waals surface area contributed by atoms with Gasteiger partial charge in [-0.25, -0.2) is 9.78 Å². The van der Waals surface area contributed by atoms with Crippen LogP contribution >= 0.6 is 0 Å². The van der Waals surface area contributed by atoms with E-state index in [2.05, 4.69) is 9.98 Å². The molecule has 12 nitrogen and oxygen atoms in total. The van der Waals surface area contributed by atoms with Crippen LogP contribution < -0.4 is 11.0 Å². The van der Waals surface area contributed by atoms with E-state index in [-0.39, 0.29) is 53.1 Å². The number of amides is 1. The zero-order valence-electron chi connectivity index (χ0n) is 19.4. The molecule has 4 aromatic rings. The molecule has 0 atom stereocenters. The standard InChI is InChI=1S/C24H21N5O7/c1-3-36-24(32)18-14-17-20(25-19-9-4-5-10-27(19)23(17)31)28(11-12-35-2)21(18)26-22(30)15-7-6-8-16(13-15)29(33)34/h4-10,13-14H,3,11-12H2,1-2H3. The maximum Gasteiger partial charge on any atom is 0.341 e. The highest BCUT2D eigenvalue weighted by Gasteiger charge is 2.20. The van der Waals surface area contributed by atoms with Gasteiger partial charge in [0.2, 0.25) is 0 Å². The maximum absolute atomic E-state index is 13.3. The average Bonchev–Trinajstić information content (AvgIpc) is 2.88.